The van der Waals surface area contributed by atoms with Gasteiger partial charge in [-0.3, -0.25) is 9.59 Å². The molecular weight excluding hydrogens is 267 g/mol. The summed E-state index contributed by atoms with van der Waals surface area (Å²) in [6, 6.07) is 4.49. The molecule has 0 heterocycles. The second-order valence-electron chi connectivity index (χ2n) is 3.36. The summed E-state index contributed by atoms with van der Waals surface area (Å²) in [6.07, 6.45) is 0. The van der Waals surface area contributed by atoms with Crippen LogP contribution in [0.25, 0.3) is 0 Å². The van der Waals surface area contributed by atoms with Crippen LogP contribution in [0.5, 0.6) is 0 Å². The molecule has 0 bridgehead atoms. The third-order valence-corrected chi connectivity index (χ3v) is 2.65. The molecule has 17 heavy (non-hydrogen) atoms. The highest BCUT2D eigenvalue weighted by Gasteiger charge is 2.23. The second kappa shape index (κ2) is 5.89. The smallest absolute Gasteiger partial charge is 0.314 e. The number of aliphatic carboxylic acids is 1. The molecule has 0 spiro atoms. The molecule has 6 heteroatoms. The molecule has 0 saturated heterocycles. The molecule has 0 aliphatic carbocycles. The average Bonchev–Trinajstić information content (AvgIpc) is 2.20. The molecule has 0 saturated carbocycles. The van der Waals surface area contributed by atoms with Gasteiger partial charge >= 0.3 is 11.9 Å². The Labute approximate surface area is 108 Å². The van der Waals surface area contributed by atoms with Crippen LogP contribution in [-0.4, -0.2) is 23.7 Å². The highest BCUT2D eigenvalue weighted by molar-refractivity contribution is 6.35. The van der Waals surface area contributed by atoms with Gasteiger partial charge < -0.3 is 9.84 Å². The van der Waals surface area contributed by atoms with E-state index in [2.05, 4.69) is 0 Å². The van der Waals surface area contributed by atoms with Crippen molar-refractivity contribution in [2.45, 2.75) is 12.8 Å². The largest absolute Gasteiger partial charge is 0.481 e. The molecule has 0 radical (unpaired) electrons. The molecular formula is C11H10Cl2O4. The fourth-order valence-corrected chi connectivity index (χ4v) is 1.82. The maximum Gasteiger partial charge on any atom is 0.314 e. The third-order valence-electron chi connectivity index (χ3n) is 2.09. The number of halogens is 2. The average molecular weight is 277 g/mol. The van der Waals surface area contributed by atoms with Crippen molar-refractivity contribution in [3.63, 3.8) is 0 Å². The normalized spacial score (nSPS) is 11.9. The van der Waals surface area contributed by atoms with E-state index in [1.807, 2.05) is 0 Å². The summed E-state index contributed by atoms with van der Waals surface area (Å²) in [5.41, 5.74) is 0.366. The Morgan fingerprint density at radius 1 is 1.41 bits per heavy atom. The van der Waals surface area contributed by atoms with Crippen LogP contribution in [0.1, 0.15) is 18.4 Å². The van der Waals surface area contributed by atoms with Crippen molar-refractivity contribution in [2.24, 2.45) is 0 Å². The predicted molar refractivity (Wildman–Crippen MR) is 63.5 cm³/mol. The molecule has 1 N–H and O–H groups in total. The van der Waals surface area contributed by atoms with Crippen molar-refractivity contribution < 1.29 is 19.4 Å². The van der Waals surface area contributed by atoms with Crippen molar-refractivity contribution in [1.82, 2.24) is 0 Å². The minimum atomic E-state index is -1.12. The van der Waals surface area contributed by atoms with E-state index in [4.69, 9.17) is 33.0 Å². The number of rotatable bonds is 4. The van der Waals surface area contributed by atoms with Crippen LogP contribution in [0.4, 0.5) is 0 Å². The summed E-state index contributed by atoms with van der Waals surface area (Å²) < 4.78 is 4.69. The molecule has 1 unspecified atom stereocenters. The first kappa shape index (κ1) is 13.8. The number of hydrogen-bond acceptors (Lipinski definition) is 3. The summed E-state index contributed by atoms with van der Waals surface area (Å²) in [5, 5.41) is 9.70. The van der Waals surface area contributed by atoms with E-state index >= 15 is 0 Å². The Balaban J connectivity index is 2.97. The van der Waals surface area contributed by atoms with E-state index in [-0.39, 0.29) is 11.6 Å². The fourth-order valence-electron chi connectivity index (χ4n) is 1.28. The lowest BCUT2D eigenvalue weighted by molar-refractivity contribution is -0.146. The number of benzene rings is 1. The first-order valence-corrected chi connectivity index (χ1v) is 5.48. The van der Waals surface area contributed by atoms with Gasteiger partial charge in [-0.2, -0.15) is 0 Å². The molecule has 0 aliphatic rings. The Hall–Kier alpha value is -1.26. The van der Waals surface area contributed by atoms with E-state index in [0.29, 0.717) is 10.6 Å². The molecule has 92 valence electrons. The minimum absolute atomic E-state index is 0.233. The summed E-state index contributed by atoms with van der Waals surface area (Å²) >= 11 is 11.6. The van der Waals surface area contributed by atoms with Gasteiger partial charge in [0.25, 0.3) is 0 Å². The molecule has 1 atom stereocenters. The Morgan fingerprint density at radius 2 is 2.06 bits per heavy atom. The Bertz CT molecular complexity index is 445. The van der Waals surface area contributed by atoms with Crippen LogP contribution in [0.15, 0.2) is 18.2 Å². The Morgan fingerprint density at radius 3 is 2.53 bits per heavy atom. The third kappa shape index (κ3) is 3.91. The summed E-state index contributed by atoms with van der Waals surface area (Å²) in [7, 11) is 0. The lowest BCUT2D eigenvalue weighted by atomic mass is 10.0. The van der Waals surface area contributed by atoms with Gasteiger partial charge in [0.05, 0.1) is 0 Å². The zero-order valence-corrected chi connectivity index (χ0v) is 10.5. The van der Waals surface area contributed by atoms with Crippen LogP contribution >= 0.6 is 23.2 Å². The van der Waals surface area contributed by atoms with Crippen LogP contribution in [0, 0.1) is 0 Å². The number of esters is 1. The predicted octanol–water partition coefficient (Wildman–Crippen LogP) is 2.72. The quantitative estimate of drug-likeness (QED) is 0.859. The number of carboxylic acid groups (broad SMARTS) is 1. The maximum absolute atomic E-state index is 11.1. The fraction of sp³-hybridized carbons (Fsp3) is 0.273. The lowest BCUT2D eigenvalue weighted by Gasteiger charge is -2.14. The molecule has 1 rings (SSSR count). The van der Waals surface area contributed by atoms with E-state index in [9.17, 15) is 9.59 Å². The summed E-state index contributed by atoms with van der Waals surface area (Å²) in [6.45, 7) is 0.953. The van der Waals surface area contributed by atoms with Crippen molar-refractivity contribution in [2.75, 3.05) is 6.61 Å². The van der Waals surface area contributed by atoms with Crippen molar-refractivity contribution in [3.8, 4) is 0 Å². The molecule has 0 aromatic heterocycles. The summed E-state index contributed by atoms with van der Waals surface area (Å²) in [5.74, 6) is -2.65. The highest BCUT2D eigenvalue weighted by Crippen LogP contribution is 2.28. The molecule has 4 nitrogen and oxygen atoms in total. The second-order valence-corrected chi connectivity index (χ2v) is 4.20. The molecule has 1 aromatic rings. The molecule has 0 fully saturated rings. The lowest BCUT2D eigenvalue weighted by Crippen LogP contribution is -2.19. The van der Waals surface area contributed by atoms with E-state index in [0.717, 1.165) is 0 Å². The van der Waals surface area contributed by atoms with Gasteiger partial charge in [0.1, 0.15) is 12.5 Å². The van der Waals surface area contributed by atoms with Crippen molar-refractivity contribution >= 4 is 35.1 Å². The Kier molecular flexibility index (Phi) is 4.78. The van der Waals surface area contributed by atoms with E-state index in [1.54, 1.807) is 0 Å². The zero-order chi connectivity index (χ0) is 13.0. The first-order chi connectivity index (χ1) is 7.91. The number of carboxylic acids is 1. The van der Waals surface area contributed by atoms with Crippen LogP contribution < -0.4 is 0 Å². The van der Waals surface area contributed by atoms with Crippen LogP contribution in [0.3, 0.4) is 0 Å². The first-order valence-electron chi connectivity index (χ1n) is 4.73. The number of ether oxygens (including phenoxy) is 1. The zero-order valence-electron chi connectivity index (χ0n) is 8.94. The highest BCUT2D eigenvalue weighted by atomic mass is 35.5. The van der Waals surface area contributed by atoms with Gasteiger partial charge in [0, 0.05) is 17.0 Å². The van der Waals surface area contributed by atoms with Gasteiger partial charge in [-0.05, 0) is 17.7 Å². The van der Waals surface area contributed by atoms with Gasteiger partial charge in [-0.25, -0.2) is 0 Å². The standard InChI is InChI=1S/C11H10Cl2O4/c1-6(14)17-5-9(11(15)16)8-3-2-7(12)4-10(8)13/h2-4,9H,5H2,1H3,(H,15,16). The SMILES string of the molecule is CC(=O)OCC(C(=O)O)c1ccc(Cl)cc1Cl. The van der Waals surface area contributed by atoms with Gasteiger partial charge in [0.2, 0.25) is 0 Å². The van der Waals surface area contributed by atoms with Gasteiger partial charge in [0.15, 0.2) is 0 Å². The van der Waals surface area contributed by atoms with Crippen molar-refractivity contribution in [3.05, 3.63) is 33.8 Å². The van der Waals surface area contributed by atoms with Gasteiger partial charge in [-0.15, -0.1) is 0 Å². The molecule has 0 aliphatic heterocycles. The minimum Gasteiger partial charge on any atom is -0.481 e. The maximum atomic E-state index is 11.1. The number of carbonyl (C=O) groups excluding carboxylic acids is 1. The topological polar surface area (TPSA) is 63.6 Å². The van der Waals surface area contributed by atoms with E-state index in [1.165, 1.54) is 25.1 Å². The monoisotopic (exact) mass is 276 g/mol. The van der Waals surface area contributed by atoms with Crippen molar-refractivity contribution in [1.29, 1.82) is 0 Å². The number of carbonyl (C=O) groups is 2. The summed E-state index contributed by atoms with van der Waals surface area (Å²) in [4.78, 5) is 21.7. The van der Waals surface area contributed by atoms with Crippen LogP contribution in [-0.2, 0) is 14.3 Å². The number of hydrogen-bond donors (Lipinski definition) is 1. The van der Waals surface area contributed by atoms with Gasteiger partial charge in [-0.1, -0.05) is 29.3 Å². The van der Waals surface area contributed by atoms with Crippen LogP contribution in [0.2, 0.25) is 10.0 Å². The molecule has 0 amide bonds. The molecule has 1 aromatic carbocycles. The van der Waals surface area contributed by atoms with E-state index < -0.39 is 17.9 Å².